The van der Waals surface area contributed by atoms with E-state index in [0.29, 0.717) is 12.8 Å². The number of likely N-dealkylation sites (N-methyl/N-ethyl adjacent to an activating group) is 1. The molecule has 1 aliphatic heterocycles. The van der Waals surface area contributed by atoms with Crippen LogP contribution in [0.25, 0.3) is 0 Å². The first-order valence-corrected chi connectivity index (χ1v) is 8.49. The molecule has 7 heteroatoms. The van der Waals surface area contributed by atoms with E-state index in [0.717, 1.165) is 31.7 Å². The molecule has 1 aromatic carbocycles. The van der Waals surface area contributed by atoms with Crippen molar-refractivity contribution in [2.75, 3.05) is 33.2 Å². The summed E-state index contributed by atoms with van der Waals surface area (Å²) in [6.07, 6.45) is 1.05. The molecule has 2 rings (SSSR count). The van der Waals surface area contributed by atoms with Gasteiger partial charge in [-0.2, -0.15) is 0 Å². The molecule has 0 aliphatic carbocycles. The lowest BCUT2D eigenvalue weighted by Gasteiger charge is -2.32. The molecule has 0 unspecified atom stereocenters. The van der Waals surface area contributed by atoms with Crippen LogP contribution < -0.4 is 5.14 Å². The van der Waals surface area contributed by atoms with Gasteiger partial charge in [0.1, 0.15) is 0 Å². The number of primary sulfonamides is 1. The van der Waals surface area contributed by atoms with Crippen LogP contribution in [0.1, 0.15) is 12.0 Å². The van der Waals surface area contributed by atoms with Crippen LogP contribution in [-0.2, 0) is 21.2 Å². The zero-order valence-electron chi connectivity index (χ0n) is 12.2. The van der Waals surface area contributed by atoms with Crippen molar-refractivity contribution < 1.29 is 13.2 Å². The Morgan fingerprint density at radius 1 is 1.14 bits per heavy atom. The molecule has 6 nitrogen and oxygen atoms in total. The molecular weight excluding hydrogens is 290 g/mol. The van der Waals surface area contributed by atoms with Crippen LogP contribution in [0.2, 0.25) is 0 Å². The van der Waals surface area contributed by atoms with Crippen LogP contribution in [0.5, 0.6) is 0 Å². The average molecular weight is 311 g/mol. The summed E-state index contributed by atoms with van der Waals surface area (Å²) in [5.41, 5.74) is 0.935. The van der Waals surface area contributed by atoms with Gasteiger partial charge in [-0.05, 0) is 31.2 Å². The van der Waals surface area contributed by atoms with E-state index in [-0.39, 0.29) is 10.8 Å². The Hall–Kier alpha value is -1.44. The van der Waals surface area contributed by atoms with E-state index < -0.39 is 10.0 Å². The van der Waals surface area contributed by atoms with Crippen molar-refractivity contribution >= 4 is 15.9 Å². The second-order valence-corrected chi connectivity index (χ2v) is 6.93. The predicted molar refractivity (Wildman–Crippen MR) is 80.2 cm³/mol. The SMILES string of the molecule is CN1CCN(C(=O)CCc2ccc(S(N)(=O)=O)cc2)CC1. The largest absolute Gasteiger partial charge is 0.340 e. The molecule has 0 aromatic heterocycles. The van der Waals surface area contributed by atoms with Crippen molar-refractivity contribution in [1.82, 2.24) is 9.80 Å². The van der Waals surface area contributed by atoms with Crippen LogP contribution in [0, 0.1) is 0 Å². The molecule has 0 bridgehead atoms. The zero-order chi connectivity index (χ0) is 15.5. The minimum atomic E-state index is -3.65. The van der Waals surface area contributed by atoms with Crippen LogP contribution in [0.15, 0.2) is 29.2 Å². The van der Waals surface area contributed by atoms with Crippen LogP contribution >= 0.6 is 0 Å². The summed E-state index contributed by atoms with van der Waals surface area (Å²) in [6.45, 7) is 3.38. The fourth-order valence-corrected chi connectivity index (χ4v) is 2.83. The first-order chi connectivity index (χ1) is 9.86. The first kappa shape index (κ1) is 15.9. The number of rotatable bonds is 4. The van der Waals surface area contributed by atoms with Gasteiger partial charge >= 0.3 is 0 Å². The van der Waals surface area contributed by atoms with E-state index in [1.54, 1.807) is 12.1 Å². The monoisotopic (exact) mass is 311 g/mol. The first-order valence-electron chi connectivity index (χ1n) is 6.94. The van der Waals surface area contributed by atoms with Gasteiger partial charge in [-0.25, -0.2) is 13.6 Å². The van der Waals surface area contributed by atoms with Gasteiger partial charge in [-0.1, -0.05) is 12.1 Å². The smallest absolute Gasteiger partial charge is 0.238 e. The van der Waals surface area contributed by atoms with Crippen molar-refractivity contribution in [3.8, 4) is 0 Å². The maximum Gasteiger partial charge on any atom is 0.238 e. The summed E-state index contributed by atoms with van der Waals surface area (Å²) in [5, 5.41) is 5.05. The number of benzene rings is 1. The topological polar surface area (TPSA) is 83.7 Å². The Balaban J connectivity index is 1.87. The Labute approximate surface area is 125 Å². The number of hydrogen-bond acceptors (Lipinski definition) is 4. The lowest BCUT2D eigenvalue weighted by molar-refractivity contribution is -0.132. The second-order valence-electron chi connectivity index (χ2n) is 5.37. The van der Waals surface area contributed by atoms with Gasteiger partial charge in [0, 0.05) is 32.6 Å². The predicted octanol–water partition coefficient (Wildman–Crippen LogP) is 0.0406. The maximum atomic E-state index is 12.1. The third kappa shape index (κ3) is 4.52. The van der Waals surface area contributed by atoms with E-state index in [1.165, 1.54) is 12.1 Å². The Morgan fingerprint density at radius 3 is 2.24 bits per heavy atom. The van der Waals surface area contributed by atoms with Gasteiger partial charge in [0.05, 0.1) is 4.90 Å². The summed E-state index contributed by atoms with van der Waals surface area (Å²) in [6, 6.07) is 6.37. The van der Waals surface area contributed by atoms with Gasteiger partial charge in [0.2, 0.25) is 15.9 Å². The van der Waals surface area contributed by atoms with Crippen molar-refractivity contribution in [3.05, 3.63) is 29.8 Å². The molecule has 0 spiro atoms. The normalized spacial score (nSPS) is 17.0. The molecule has 1 saturated heterocycles. The molecule has 0 radical (unpaired) electrons. The van der Waals surface area contributed by atoms with Crippen molar-refractivity contribution in [2.24, 2.45) is 5.14 Å². The van der Waals surface area contributed by atoms with Gasteiger partial charge < -0.3 is 9.80 Å². The molecule has 1 fully saturated rings. The van der Waals surface area contributed by atoms with Crippen molar-refractivity contribution in [1.29, 1.82) is 0 Å². The minimum absolute atomic E-state index is 0.0941. The summed E-state index contributed by atoms with van der Waals surface area (Å²) < 4.78 is 22.3. The average Bonchev–Trinajstić information content (AvgIpc) is 2.45. The standard InChI is InChI=1S/C14H21N3O3S/c1-16-8-10-17(11-9-16)14(18)7-4-12-2-5-13(6-3-12)21(15,19)20/h2-3,5-6H,4,7-11H2,1H3,(H2,15,19,20). The highest BCUT2D eigenvalue weighted by Gasteiger charge is 2.18. The Morgan fingerprint density at radius 2 is 1.71 bits per heavy atom. The van der Waals surface area contributed by atoms with Crippen LogP contribution in [-0.4, -0.2) is 57.4 Å². The zero-order valence-corrected chi connectivity index (χ0v) is 13.0. The highest BCUT2D eigenvalue weighted by atomic mass is 32.2. The fourth-order valence-electron chi connectivity index (χ4n) is 2.31. The van der Waals surface area contributed by atoms with Gasteiger partial charge in [0.25, 0.3) is 0 Å². The summed E-state index contributed by atoms with van der Waals surface area (Å²) in [7, 11) is -1.60. The summed E-state index contributed by atoms with van der Waals surface area (Å²) in [4.78, 5) is 16.3. The maximum absolute atomic E-state index is 12.1. The van der Waals surface area contributed by atoms with Crippen LogP contribution in [0.3, 0.4) is 0 Å². The fraction of sp³-hybridized carbons (Fsp3) is 0.500. The highest BCUT2D eigenvalue weighted by Crippen LogP contribution is 2.11. The highest BCUT2D eigenvalue weighted by molar-refractivity contribution is 7.89. The molecule has 1 aromatic rings. The number of amides is 1. The Kier molecular flexibility index (Phi) is 4.97. The number of sulfonamides is 1. The number of nitrogens with zero attached hydrogens (tertiary/aromatic N) is 2. The van der Waals surface area contributed by atoms with E-state index in [9.17, 15) is 13.2 Å². The van der Waals surface area contributed by atoms with E-state index >= 15 is 0 Å². The van der Waals surface area contributed by atoms with E-state index in [2.05, 4.69) is 11.9 Å². The molecule has 1 aliphatic rings. The Bertz CT molecular complexity index is 590. The van der Waals surface area contributed by atoms with Gasteiger partial charge in [-0.15, -0.1) is 0 Å². The number of aryl methyl sites for hydroxylation is 1. The molecule has 116 valence electrons. The van der Waals surface area contributed by atoms with Gasteiger partial charge in [-0.3, -0.25) is 4.79 Å². The molecule has 2 N–H and O–H groups in total. The summed E-state index contributed by atoms with van der Waals surface area (Å²) >= 11 is 0. The molecule has 1 heterocycles. The molecule has 0 atom stereocenters. The number of piperazine rings is 1. The van der Waals surface area contributed by atoms with E-state index in [4.69, 9.17) is 5.14 Å². The third-order valence-corrected chi connectivity index (χ3v) is 4.66. The lowest BCUT2D eigenvalue weighted by Crippen LogP contribution is -2.47. The second kappa shape index (κ2) is 6.55. The van der Waals surface area contributed by atoms with Crippen molar-refractivity contribution in [3.63, 3.8) is 0 Å². The molecule has 0 saturated carbocycles. The van der Waals surface area contributed by atoms with Gasteiger partial charge in [0.15, 0.2) is 0 Å². The van der Waals surface area contributed by atoms with Crippen LogP contribution in [0.4, 0.5) is 0 Å². The lowest BCUT2D eigenvalue weighted by atomic mass is 10.1. The molecular formula is C14H21N3O3S. The number of carbonyl (C=O) groups excluding carboxylic acids is 1. The number of carbonyl (C=O) groups is 1. The van der Waals surface area contributed by atoms with Crippen molar-refractivity contribution in [2.45, 2.75) is 17.7 Å². The number of nitrogens with two attached hydrogens (primary N) is 1. The molecule has 21 heavy (non-hydrogen) atoms. The third-order valence-electron chi connectivity index (χ3n) is 3.74. The molecule has 1 amide bonds. The quantitative estimate of drug-likeness (QED) is 0.851. The summed E-state index contributed by atoms with van der Waals surface area (Å²) in [5.74, 6) is 0.152. The minimum Gasteiger partial charge on any atom is -0.340 e. The number of hydrogen-bond donors (Lipinski definition) is 1. The van der Waals surface area contributed by atoms with E-state index in [1.807, 2.05) is 4.90 Å².